The summed E-state index contributed by atoms with van der Waals surface area (Å²) in [5.41, 5.74) is 4.27. The monoisotopic (exact) mass is 279 g/mol. The maximum Gasteiger partial charge on any atom is 0.0973 e. The standard InChI is InChI=1S/C19H21NO/c1-13-8-18(12-20-11-13)19(21)16-6-7-17(19)10-15-5-3-2-4-14(15)9-16/h2-5,8,11-12,16-17,21H,6-7,9-10H2,1H3. The number of aryl methyl sites for hydroxylation is 1. The Labute approximate surface area is 125 Å². The lowest BCUT2D eigenvalue weighted by molar-refractivity contribution is -0.0398. The molecule has 2 nitrogen and oxygen atoms in total. The van der Waals surface area contributed by atoms with Crippen LogP contribution in [0.1, 0.15) is 35.1 Å². The molecular formula is C19H21NO. The molecule has 1 saturated carbocycles. The molecule has 1 aromatic carbocycles. The van der Waals surface area contributed by atoms with E-state index in [1.165, 1.54) is 11.1 Å². The summed E-state index contributed by atoms with van der Waals surface area (Å²) < 4.78 is 0. The van der Waals surface area contributed by atoms with Crippen LogP contribution in [-0.4, -0.2) is 10.1 Å². The van der Waals surface area contributed by atoms with E-state index < -0.39 is 5.60 Å². The molecule has 0 spiro atoms. The van der Waals surface area contributed by atoms with Gasteiger partial charge in [-0.15, -0.1) is 0 Å². The van der Waals surface area contributed by atoms with Crippen LogP contribution in [0.3, 0.4) is 0 Å². The third-order valence-electron chi connectivity index (χ3n) is 5.50. The second kappa shape index (κ2) is 4.67. The highest BCUT2D eigenvalue weighted by Gasteiger charge is 2.51. The molecule has 108 valence electrons. The molecule has 1 heterocycles. The Morgan fingerprint density at radius 3 is 2.24 bits per heavy atom. The van der Waals surface area contributed by atoms with Crippen molar-refractivity contribution >= 4 is 0 Å². The van der Waals surface area contributed by atoms with Crippen molar-refractivity contribution in [1.29, 1.82) is 0 Å². The van der Waals surface area contributed by atoms with Gasteiger partial charge in [0.25, 0.3) is 0 Å². The van der Waals surface area contributed by atoms with E-state index in [2.05, 4.69) is 35.3 Å². The van der Waals surface area contributed by atoms with E-state index in [1.54, 1.807) is 0 Å². The number of hydrogen-bond donors (Lipinski definition) is 1. The Morgan fingerprint density at radius 1 is 1.05 bits per heavy atom. The van der Waals surface area contributed by atoms with E-state index in [-0.39, 0.29) is 0 Å². The topological polar surface area (TPSA) is 33.1 Å². The second-order valence-corrected chi connectivity index (χ2v) is 6.72. The number of pyridine rings is 1. The lowest BCUT2D eigenvalue weighted by Gasteiger charge is -2.34. The summed E-state index contributed by atoms with van der Waals surface area (Å²) in [4.78, 5) is 4.32. The van der Waals surface area contributed by atoms with Crippen molar-refractivity contribution in [3.05, 3.63) is 65.0 Å². The van der Waals surface area contributed by atoms with Crippen LogP contribution in [0.5, 0.6) is 0 Å². The maximum atomic E-state index is 11.6. The number of rotatable bonds is 1. The minimum Gasteiger partial charge on any atom is -0.385 e. The molecule has 2 aliphatic rings. The van der Waals surface area contributed by atoms with E-state index in [1.807, 2.05) is 19.3 Å². The number of fused-ring (bicyclic) bond motifs is 3. The SMILES string of the molecule is Cc1cncc(C2(O)C3CCC2Cc2ccccc2C3)c1. The Morgan fingerprint density at radius 2 is 1.67 bits per heavy atom. The van der Waals surface area contributed by atoms with Gasteiger partial charge in [-0.25, -0.2) is 0 Å². The molecule has 1 N–H and O–H groups in total. The van der Waals surface area contributed by atoms with Crippen LogP contribution in [0.2, 0.25) is 0 Å². The lowest BCUT2D eigenvalue weighted by atomic mass is 9.77. The van der Waals surface area contributed by atoms with Gasteiger partial charge >= 0.3 is 0 Å². The predicted octanol–water partition coefficient (Wildman–Crippen LogP) is 3.40. The number of nitrogens with zero attached hydrogens (tertiary/aromatic N) is 1. The summed E-state index contributed by atoms with van der Waals surface area (Å²) in [7, 11) is 0. The minimum absolute atomic E-state index is 0.315. The lowest BCUT2D eigenvalue weighted by Crippen LogP contribution is -2.37. The summed E-state index contributed by atoms with van der Waals surface area (Å²) >= 11 is 0. The van der Waals surface area contributed by atoms with Gasteiger partial charge in [0.2, 0.25) is 0 Å². The first-order valence-electron chi connectivity index (χ1n) is 7.89. The van der Waals surface area contributed by atoms with Gasteiger partial charge in [-0.05, 0) is 61.1 Å². The number of hydrogen-bond acceptors (Lipinski definition) is 2. The zero-order valence-electron chi connectivity index (χ0n) is 12.4. The molecule has 0 saturated heterocycles. The van der Waals surface area contributed by atoms with E-state index in [0.29, 0.717) is 11.8 Å². The molecule has 4 rings (SSSR count). The third kappa shape index (κ3) is 1.93. The molecular weight excluding hydrogens is 258 g/mol. The number of aliphatic hydroxyl groups is 1. The van der Waals surface area contributed by atoms with E-state index in [0.717, 1.165) is 36.8 Å². The normalized spacial score (nSPS) is 30.8. The summed E-state index contributed by atoms with van der Waals surface area (Å²) in [6.45, 7) is 2.05. The van der Waals surface area contributed by atoms with Gasteiger partial charge in [-0.1, -0.05) is 30.3 Å². The smallest absolute Gasteiger partial charge is 0.0973 e. The molecule has 2 heteroatoms. The highest BCUT2D eigenvalue weighted by atomic mass is 16.3. The predicted molar refractivity (Wildman–Crippen MR) is 82.9 cm³/mol. The summed E-state index contributed by atoms with van der Waals surface area (Å²) in [6.07, 6.45) is 7.93. The fourth-order valence-corrected chi connectivity index (χ4v) is 4.42. The molecule has 2 bridgehead atoms. The quantitative estimate of drug-likeness (QED) is 0.868. The molecule has 2 aliphatic carbocycles. The van der Waals surface area contributed by atoms with Gasteiger partial charge in [-0.2, -0.15) is 0 Å². The van der Waals surface area contributed by atoms with Crippen molar-refractivity contribution in [1.82, 2.24) is 4.98 Å². The Balaban J connectivity index is 1.81. The Hall–Kier alpha value is -1.67. The van der Waals surface area contributed by atoms with Crippen molar-refractivity contribution in [3.8, 4) is 0 Å². The first kappa shape index (κ1) is 13.0. The van der Waals surface area contributed by atoms with Crippen molar-refractivity contribution < 1.29 is 5.11 Å². The highest BCUT2D eigenvalue weighted by molar-refractivity contribution is 5.35. The number of aromatic nitrogens is 1. The van der Waals surface area contributed by atoms with Crippen molar-refractivity contribution in [3.63, 3.8) is 0 Å². The Bertz CT molecular complexity index is 646. The van der Waals surface area contributed by atoms with Crippen molar-refractivity contribution in [2.24, 2.45) is 11.8 Å². The van der Waals surface area contributed by atoms with Gasteiger partial charge in [0.05, 0.1) is 5.60 Å². The van der Waals surface area contributed by atoms with E-state index >= 15 is 0 Å². The fraction of sp³-hybridized carbons (Fsp3) is 0.421. The van der Waals surface area contributed by atoms with Gasteiger partial charge in [-0.3, -0.25) is 4.98 Å². The van der Waals surface area contributed by atoms with E-state index in [4.69, 9.17) is 0 Å². The van der Waals surface area contributed by atoms with Crippen molar-refractivity contribution in [2.75, 3.05) is 0 Å². The average Bonchev–Trinajstić information content (AvgIpc) is 2.71. The molecule has 2 atom stereocenters. The van der Waals surface area contributed by atoms with Gasteiger partial charge in [0, 0.05) is 18.0 Å². The second-order valence-electron chi connectivity index (χ2n) is 6.72. The van der Waals surface area contributed by atoms with Crippen LogP contribution in [-0.2, 0) is 18.4 Å². The zero-order chi connectivity index (χ0) is 14.4. The Kier molecular flexibility index (Phi) is 2.90. The zero-order valence-corrected chi connectivity index (χ0v) is 12.4. The van der Waals surface area contributed by atoms with Crippen LogP contribution < -0.4 is 0 Å². The third-order valence-corrected chi connectivity index (χ3v) is 5.50. The van der Waals surface area contributed by atoms with Gasteiger partial charge in [0.1, 0.15) is 0 Å². The van der Waals surface area contributed by atoms with Crippen LogP contribution in [0.4, 0.5) is 0 Å². The molecule has 0 radical (unpaired) electrons. The molecule has 2 aromatic rings. The first-order chi connectivity index (χ1) is 10.2. The molecule has 1 aromatic heterocycles. The highest BCUT2D eigenvalue weighted by Crippen LogP contribution is 2.52. The summed E-state index contributed by atoms with van der Waals surface area (Å²) in [6, 6.07) is 10.8. The average molecular weight is 279 g/mol. The molecule has 21 heavy (non-hydrogen) atoms. The fourth-order valence-electron chi connectivity index (χ4n) is 4.42. The molecule has 2 unspecified atom stereocenters. The van der Waals surface area contributed by atoms with Crippen LogP contribution >= 0.6 is 0 Å². The largest absolute Gasteiger partial charge is 0.385 e. The minimum atomic E-state index is -0.710. The molecule has 0 aliphatic heterocycles. The van der Waals surface area contributed by atoms with Crippen LogP contribution in [0, 0.1) is 18.8 Å². The number of benzene rings is 1. The first-order valence-corrected chi connectivity index (χ1v) is 7.89. The van der Waals surface area contributed by atoms with Crippen LogP contribution in [0.15, 0.2) is 42.7 Å². The van der Waals surface area contributed by atoms with Gasteiger partial charge < -0.3 is 5.11 Å². The van der Waals surface area contributed by atoms with Crippen molar-refractivity contribution in [2.45, 2.75) is 38.2 Å². The molecule has 1 fully saturated rings. The summed E-state index contributed by atoms with van der Waals surface area (Å²) in [5, 5.41) is 11.6. The van der Waals surface area contributed by atoms with Crippen LogP contribution in [0.25, 0.3) is 0 Å². The summed E-state index contributed by atoms with van der Waals surface area (Å²) in [5.74, 6) is 0.629. The van der Waals surface area contributed by atoms with E-state index in [9.17, 15) is 5.11 Å². The van der Waals surface area contributed by atoms with Gasteiger partial charge in [0.15, 0.2) is 0 Å². The molecule has 0 amide bonds. The maximum absolute atomic E-state index is 11.6.